The average molecular weight is 260 g/mol. The molecule has 0 saturated carbocycles. The van der Waals surface area contributed by atoms with Crippen molar-refractivity contribution in [3.63, 3.8) is 0 Å². The van der Waals surface area contributed by atoms with E-state index in [1.807, 2.05) is 24.3 Å². The number of aromatic nitrogens is 2. The Kier molecular flexibility index (Phi) is 3.26. The molecule has 1 aromatic carbocycles. The van der Waals surface area contributed by atoms with Gasteiger partial charge >= 0.3 is 5.97 Å². The fraction of sp³-hybridized carbons (Fsp3) is 0.231. The summed E-state index contributed by atoms with van der Waals surface area (Å²) in [5, 5.41) is 8.99. The number of aliphatic carboxylic acids is 1. The van der Waals surface area contributed by atoms with E-state index >= 15 is 0 Å². The molecule has 100 valence electrons. The molecule has 0 fully saturated rings. The largest absolute Gasteiger partial charge is 0.480 e. The first kappa shape index (κ1) is 13.1. The number of carboxylic acids is 1. The minimum Gasteiger partial charge on any atom is -0.480 e. The lowest BCUT2D eigenvalue weighted by atomic mass is 9.94. The quantitative estimate of drug-likeness (QED) is 0.753. The molecule has 0 unspecified atom stereocenters. The third-order valence-electron chi connectivity index (χ3n) is 2.94. The highest BCUT2D eigenvalue weighted by atomic mass is 16.4. The number of nitrogens with two attached hydrogens (primary N) is 2. The molecule has 2 aromatic rings. The highest BCUT2D eigenvalue weighted by Gasteiger charge is 2.27. The topological polar surface area (TPSA) is 107 Å². The van der Waals surface area contributed by atoms with Gasteiger partial charge < -0.3 is 16.6 Å². The number of imidazole rings is 1. The van der Waals surface area contributed by atoms with Gasteiger partial charge in [0.25, 0.3) is 0 Å². The van der Waals surface area contributed by atoms with E-state index in [1.54, 1.807) is 17.0 Å². The van der Waals surface area contributed by atoms with Crippen molar-refractivity contribution in [2.75, 3.05) is 5.73 Å². The summed E-state index contributed by atoms with van der Waals surface area (Å²) in [5.74, 6) is -0.614. The molecule has 0 bridgehead atoms. The summed E-state index contributed by atoms with van der Waals surface area (Å²) in [7, 11) is 0. The summed E-state index contributed by atoms with van der Waals surface area (Å²) in [6, 6.07) is 7.38. The van der Waals surface area contributed by atoms with Gasteiger partial charge in [0.1, 0.15) is 5.54 Å². The third kappa shape index (κ3) is 2.74. The number of nitrogen functional groups attached to an aromatic ring is 1. The Bertz CT molecular complexity index is 587. The molecule has 0 aliphatic rings. The van der Waals surface area contributed by atoms with E-state index < -0.39 is 11.5 Å². The number of rotatable bonds is 4. The molecule has 19 heavy (non-hydrogen) atoms. The molecule has 0 spiro atoms. The first-order valence-electron chi connectivity index (χ1n) is 5.80. The molecular formula is C13H16N4O2. The molecule has 2 rings (SSSR count). The van der Waals surface area contributed by atoms with Gasteiger partial charge in [-0.05, 0) is 24.6 Å². The maximum Gasteiger partial charge on any atom is 0.323 e. The third-order valence-corrected chi connectivity index (χ3v) is 2.94. The van der Waals surface area contributed by atoms with Gasteiger partial charge in [-0.25, -0.2) is 4.98 Å². The van der Waals surface area contributed by atoms with Crippen molar-refractivity contribution >= 4 is 11.9 Å². The standard InChI is InChI=1S/C13H16N4O2/c1-13(15,11(18)19)8-9-2-4-10(5-3-9)17-7-6-16-12(17)14/h2-7H,8,15H2,1H3,(H2,14,16)(H,18,19)/t13-/m0/s1. The Labute approximate surface area is 110 Å². The van der Waals surface area contributed by atoms with Crippen molar-refractivity contribution in [1.82, 2.24) is 9.55 Å². The molecule has 0 saturated heterocycles. The molecule has 0 amide bonds. The molecule has 1 aromatic heterocycles. The number of hydrogen-bond acceptors (Lipinski definition) is 4. The zero-order chi connectivity index (χ0) is 14.0. The van der Waals surface area contributed by atoms with E-state index in [4.69, 9.17) is 16.6 Å². The van der Waals surface area contributed by atoms with Crippen LogP contribution in [0.2, 0.25) is 0 Å². The predicted octanol–water partition coefficient (Wildman–Crippen LogP) is 0.799. The first-order chi connectivity index (χ1) is 8.90. The van der Waals surface area contributed by atoms with Crippen molar-refractivity contribution in [2.45, 2.75) is 18.9 Å². The Morgan fingerprint density at radius 2 is 2.05 bits per heavy atom. The van der Waals surface area contributed by atoms with Crippen LogP contribution in [-0.4, -0.2) is 26.2 Å². The highest BCUT2D eigenvalue weighted by molar-refractivity contribution is 5.78. The van der Waals surface area contributed by atoms with Gasteiger partial charge in [-0.15, -0.1) is 0 Å². The van der Waals surface area contributed by atoms with Crippen molar-refractivity contribution in [3.05, 3.63) is 42.2 Å². The van der Waals surface area contributed by atoms with E-state index in [1.165, 1.54) is 6.92 Å². The summed E-state index contributed by atoms with van der Waals surface area (Å²) in [6.07, 6.45) is 3.64. The zero-order valence-corrected chi connectivity index (χ0v) is 10.6. The summed E-state index contributed by atoms with van der Waals surface area (Å²) in [6.45, 7) is 1.50. The summed E-state index contributed by atoms with van der Waals surface area (Å²) >= 11 is 0. The predicted molar refractivity (Wildman–Crippen MR) is 71.9 cm³/mol. The smallest absolute Gasteiger partial charge is 0.323 e. The van der Waals surface area contributed by atoms with Gasteiger partial charge in [-0.3, -0.25) is 9.36 Å². The molecule has 0 radical (unpaired) electrons. The molecule has 0 aliphatic heterocycles. The van der Waals surface area contributed by atoms with Crippen LogP contribution in [0.5, 0.6) is 0 Å². The van der Waals surface area contributed by atoms with Crippen LogP contribution in [-0.2, 0) is 11.2 Å². The van der Waals surface area contributed by atoms with Gasteiger partial charge in [0.05, 0.1) is 0 Å². The van der Waals surface area contributed by atoms with Crippen LogP contribution in [0.3, 0.4) is 0 Å². The van der Waals surface area contributed by atoms with E-state index in [0.29, 0.717) is 5.95 Å². The van der Waals surface area contributed by atoms with Gasteiger partial charge in [0, 0.05) is 24.5 Å². The monoisotopic (exact) mass is 260 g/mol. The maximum absolute atomic E-state index is 11.0. The number of benzene rings is 1. The number of carboxylic acid groups (broad SMARTS) is 1. The van der Waals surface area contributed by atoms with Crippen molar-refractivity contribution in [3.8, 4) is 5.69 Å². The van der Waals surface area contributed by atoms with Crippen LogP contribution in [0.4, 0.5) is 5.95 Å². The van der Waals surface area contributed by atoms with Gasteiger partial charge in [-0.1, -0.05) is 12.1 Å². The van der Waals surface area contributed by atoms with E-state index in [-0.39, 0.29) is 6.42 Å². The minimum absolute atomic E-state index is 0.266. The van der Waals surface area contributed by atoms with Gasteiger partial charge in [0.15, 0.2) is 0 Å². The SMILES string of the molecule is C[C@](N)(Cc1ccc(-n2ccnc2N)cc1)C(=O)O. The molecule has 1 heterocycles. The second kappa shape index (κ2) is 4.74. The summed E-state index contributed by atoms with van der Waals surface area (Å²) < 4.78 is 1.74. The normalized spacial score (nSPS) is 14.0. The van der Waals surface area contributed by atoms with Crippen LogP contribution >= 0.6 is 0 Å². The fourth-order valence-electron chi connectivity index (χ4n) is 1.81. The van der Waals surface area contributed by atoms with Gasteiger partial charge in [-0.2, -0.15) is 0 Å². The van der Waals surface area contributed by atoms with E-state index in [0.717, 1.165) is 11.3 Å². The first-order valence-corrected chi connectivity index (χ1v) is 5.80. The van der Waals surface area contributed by atoms with Crippen molar-refractivity contribution in [1.29, 1.82) is 0 Å². The Hall–Kier alpha value is -2.34. The van der Waals surface area contributed by atoms with Crippen LogP contribution in [0.15, 0.2) is 36.7 Å². The molecule has 6 nitrogen and oxygen atoms in total. The second-order valence-corrected chi connectivity index (χ2v) is 4.72. The van der Waals surface area contributed by atoms with Crippen LogP contribution in [0.1, 0.15) is 12.5 Å². The molecular weight excluding hydrogens is 244 g/mol. The Morgan fingerprint density at radius 1 is 1.42 bits per heavy atom. The van der Waals surface area contributed by atoms with E-state index in [9.17, 15) is 4.79 Å². The van der Waals surface area contributed by atoms with Crippen molar-refractivity contribution in [2.24, 2.45) is 5.73 Å². The van der Waals surface area contributed by atoms with Crippen LogP contribution in [0.25, 0.3) is 5.69 Å². The average Bonchev–Trinajstić information content (AvgIpc) is 2.76. The van der Waals surface area contributed by atoms with Crippen LogP contribution < -0.4 is 11.5 Å². The number of anilines is 1. The number of hydrogen-bond donors (Lipinski definition) is 3. The highest BCUT2D eigenvalue weighted by Crippen LogP contribution is 2.16. The van der Waals surface area contributed by atoms with Crippen molar-refractivity contribution < 1.29 is 9.90 Å². The molecule has 6 heteroatoms. The minimum atomic E-state index is -1.27. The summed E-state index contributed by atoms with van der Waals surface area (Å²) in [4.78, 5) is 14.9. The lowest BCUT2D eigenvalue weighted by molar-refractivity contribution is -0.142. The molecule has 1 atom stereocenters. The lowest BCUT2D eigenvalue weighted by Gasteiger charge is -2.19. The maximum atomic E-state index is 11.0. The fourth-order valence-corrected chi connectivity index (χ4v) is 1.81. The molecule has 0 aliphatic carbocycles. The molecule has 5 N–H and O–H groups in total. The van der Waals surface area contributed by atoms with E-state index in [2.05, 4.69) is 4.98 Å². The zero-order valence-electron chi connectivity index (χ0n) is 10.6. The van der Waals surface area contributed by atoms with Crippen LogP contribution in [0, 0.1) is 0 Å². The Balaban J connectivity index is 2.20. The number of nitrogens with zero attached hydrogens (tertiary/aromatic N) is 2. The van der Waals surface area contributed by atoms with Gasteiger partial charge in [0.2, 0.25) is 5.95 Å². The Morgan fingerprint density at radius 3 is 2.53 bits per heavy atom. The summed E-state index contributed by atoms with van der Waals surface area (Å²) in [5.41, 5.74) is 11.9. The lowest BCUT2D eigenvalue weighted by Crippen LogP contribution is -2.46. The second-order valence-electron chi connectivity index (χ2n) is 4.72. The number of carbonyl (C=O) groups is 1.